The van der Waals surface area contributed by atoms with Gasteiger partial charge in [-0.1, -0.05) is 53.9 Å². The van der Waals surface area contributed by atoms with Crippen molar-refractivity contribution in [2.24, 2.45) is 52.3 Å². The van der Waals surface area contributed by atoms with Gasteiger partial charge in [-0.3, -0.25) is 9.59 Å². The molecule has 0 bridgehead atoms. The first-order valence-electron chi connectivity index (χ1n) is 14.7. The average molecular weight is 473 g/mol. The molecular weight excluding hydrogens is 420 g/mol. The number of hydrogen-bond donors (Lipinski definition) is 0. The van der Waals surface area contributed by atoms with E-state index in [9.17, 15) is 9.59 Å². The van der Waals surface area contributed by atoms with Gasteiger partial charge in [0.15, 0.2) is 0 Å². The molecule has 0 radical (unpaired) electrons. The van der Waals surface area contributed by atoms with E-state index in [0.717, 1.165) is 48.3 Å². The normalized spacial score (nSPS) is 42.4. The van der Waals surface area contributed by atoms with E-state index in [1.54, 1.807) is 0 Å². The third kappa shape index (κ3) is 5.01. The third-order valence-electron chi connectivity index (χ3n) is 11.5. The van der Waals surface area contributed by atoms with Crippen molar-refractivity contribution in [3.63, 3.8) is 0 Å². The molecule has 4 aliphatic rings. The van der Waals surface area contributed by atoms with Crippen LogP contribution in [-0.2, 0) is 14.3 Å². The Bertz CT molecular complexity index is 743. The molecule has 0 unspecified atom stereocenters. The lowest BCUT2D eigenvalue weighted by Gasteiger charge is -2.61. The molecule has 34 heavy (non-hydrogen) atoms. The molecule has 0 aliphatic heterocycles. The molecule has 4 saturated carbocycles. The second-order valence-electron chi connectivity index (χ2n) is 14.0. The van der Waals surface area contributed by atoms with E-state index in [1.165, 1.54) is 71.1 Å². The summed E-state index contributed by atoms with van der Waals surface area (Å²) < 4.78 is 5.75. The fourth-order valence-corrected chi connectivity index (χ4v) is 9.78. The number of carbonyl (C=O) groups excluding carboxylic acids is 2. The summed E-state index contributed by atoms with van der Waals surface area (Å²) in [5, 5.41) is 0. The van der Waals surface area contributed by atoms with E-state index < -0.39 is 0 Å². The number of carbonyl (C=O) groups is 2. The maximum absolute atomic E-state index is 12.1. The minimum absolute atomic E-state index is 0.0258. The lowest BCUT2D eigenvalue weighted by atomic mass is 9.44. The minimum Gasteiger partial charge on any atom is -0.462 e. The molecule has 0 spiro atoms. The van der Waals surface area contributed by atoms with E-state index in [0.29, 0.717) is 16.7 Å². The first-order valence-corrected chi connectivity index (χ1v) is 14.7. The van der Waals surface area contributed by atoms with Crippen molar-refractivity contribution in [2.45, 2.75) is 131 Å². The van der Waals surface area contributed by atoms with Crippen LogP contribution >= 0.6 is 0 Å². The molecule has 3 nitrogen and oxygen atoms in total. The smallest absolute Gasteiger partial charge is 0.313 e. The van der Waals surface area contributed by atoms with Crippen molar-refractivity contribution in [3.05, 3.63) is 0 Å². The fraction of sp³-hybridized carbons (Fsp3) is 0.935. The van der Waals surface area contributed by atoms with Crippen LogP contribution in [0, 0.1) is 52.3 Å². The van der Waals surface area contributed by atoms with Gasteiger partial charge in [0.2, 0.25) is 0 Å². The summed E-state index contributed by atoms with van der Waals surface area (Å²) in [6.45, 7) is 14.0. The Balaban J connectivity index is 1.39. The fourth-order valence-electron chi connectivity index (χ4n) is 9.78. The standard InChI is InChI=1S/C31H52O3/c1-20(2)8-7-9-21(3)26-12-13-27-25-11-10-23-19-24(34-29(33)18-22(4)32)14-16-30(23,5)28(25)15-17-31(26,27)6/h20-21,23-28H,7-19H2,1-6H3/t21-,23+,24+,25+,26-,27+,28+,30+,31-/m1/s1. The van der Waals surface area contributed by atoms with E-state index in [-0.39, 0.29) is 24.3 Å². The summed E-state index contributed by atoms with van der Waals surface area (Å²) in [5.74, 6) is 5.58. The number of ether oxygens (including phenoxy) is 1. The Morgan fingerprint density at radius 3 is 2.29 bits per heavy atom. The summed E-state index contributed by atoms with van der Waals surface area (Å²) in [7, 11) is 0. The number of ketones is 1. The number of Topliss-reactive ketones (excluding diaryl/α,β-unsaturated/α-hetero) is 1. The van der Waals surface area contributed by atoms with Crippen LogP contribution in [0.25, 0.3) is 0 Å². The van der Waals surface area contributed by atoms with Gasteiger partial charge in [-0.25, -0.2) is 0 Å². The number of fused-ring (bicyclic) bond motifs is 5. The summed E-state index contributed by atoms with van der Waals surface area (Å²) >= 11 is 0. The van der Waals surface area contributed by atoms with Crippen LogP contribution in [0.3, 0.4) is 0 Å². The summed E-state index contributed by atoms with van der Waals surface area (Å²) in [5.41, 5.74) is 0.968. The zero-order valence-corrected chi connectivity index (χ0v) is 23.0. The molecular formula is C31H52O3. The predicted octanol–water partition coefficient (Wildman–Crippen LogP) is 8.00. The molecule has 0 aromatic rings. The van der Waals surface area contributed by atoms with E-state index in [2.05, 4.69) is 34.6 Å². The van der Waals surface area contributed by atoms with Crippen molar-refractivity contribution in [1.29, 1.82) is 0 Å². The van der Waals surface area contributed by atoms with Crippen molar-refractivity contribution in [2.75, 3.05) is 0 Å². The van der Waals surface area contributed by atoms with E-state index >= 15 is 0 Å². The maximum Gasteiger partial charge on any atom is 0.313 e. The highest BCUT2D eigenvalue weighted by molar-refractivity contribution is 5.94. The monoisotopic (exact) mass is 472 g/mol. The minimum atomic E-state index is -0.317. The highest BCUT2D eigenvalue weighted by Gasteiger charge is 2.60. The van der Waals surface area contributed by atoms with Crippen LogP contribution < -0.4 is 0 Å². The Morgan fingerprint density at radius 2 is 1.59 bits per heavy atom. The van der Waals surface area contributed by atoms with Gasteiger partial charge in [0.25, 0.3) is 0 Å². The zero-order valence-electron chi connectivity index (χ0n) is 23.0. The van der Waals surface area contributed by atoms with Crippen LogP contribution in [0.15, 0.2) is 0 Å². The van der Waals surface area contributed by atoms with Gasteiger partial charge < -0.3 is 4.74 Å². The Hall–Kier alpha value is -0.860. The quantitative estimate of drug-likeness (QED) is 0.265. The largest absolute Gasteiger partial charge is 0.462 e. The van der Waals surface area contributed by atoms with Gasteiger partial charge in [-0.15, -0.1) is 0 Å². The van der Waals surface area contributed by atoms with Crippen molar-refractivity contribution >= 4 is 11.8 Å². The number of rotatable bonds is 8. The molecule has 0 heterocycles. The van der Waals surface area contributed by atoms with Gasteiger partial charge in [0.05, 0.1) is 0 Å². The molecule has 0 aromatic carbocycles. The Kier molecular flexibility index (Phi) is 7.90. The maximum atomic E-state index is 12.1. The third-order valence-corrected chi connectivity index (χ3v) is 11.5. The van der Waals surface area contributed by atoms with E-state index in [1.807, 2.05) is 0 Å². The molecule has 0 aromatic heterocycles. The first kappa shape index (κ1) is 26.2. The molecule has 4 aliphatic carbocycles. The lowest BCUT2D eigenvalue weighted by molar-refractivity contribution is -0.163. The molecule has 0 N–H and O–H groups in total. The van der Waals surface area contributed by atoms with Gasteiger partial charge in [0, 0.05) is 0 Å². The second kappa shape index (κ2) is 10.3. The summed E-state index contributed by atoms with van der Waals surface area (Å²) in [4.78, 5) is 23.4. The van der Waals surface area contributed by atoms with Crippen molar-refractivity contribution < 1.29 is 14.3 Å². The van der Waals surface area contributed by atoms with Gasteiger partial charge in [-0.05, 0) is 117 Å². The van der Waals surface area contributed by atoms with Crippen LogP contribution in [0.5, 0.6) is 0 Å². The van der Waals surface area contributed by atoms with Crippen LogP contribution in [0.2, 0.25) is 0 Å². The van der Waals surface area contributed by atoms with Gasteiger partial charge in [-0.2, -0.15) is 0 Å². The number of hydrogen-bond acceptors (Lipinski definition) is 3. The predicted molar refractivity (Wildman–Crippen MR) is 138 cm³/mol. The average Bonchev–Trinajstić information content (AvgIpc) is 3.10. The van der Waals surface area contributed by atoms with Crippen LogP contribution in [-0.4, -0.2) is 17.9 Å². The molecule has 0 saturated heterocycles. The Labute approximate surface area is 209 Å². The lowest BCUT2D eigenvalue weighted by Crippen LogP contribution is -2.54. The highest BCUT2D eigenvalue weighted by atomic mass is 16.5. The van der Waals surface area contributed by atoms with Crippen LogP contribution in [0.1, 0.15) is 125 Å². The molecule has 9 atom stereocenters. The van der Waals surface area contributed by atoms with Crippen LogP contribution in [0.4, 0.5) is 0 Å². The first-order chi connectivity index (χ1) is 16.0. The van der Waals surface area contributed by atoms with Crippen molar-refractivity contribution in [3.8, 4) is 0 Å². The molecule has 3 heteroatoms. The number of esters is 1. The van der Waals surface area contributed by atoms with Gasteiger partial charge in [0.1, 0.15) is 18.3 Å². The molecule has 0 amide bonds. The Morgan fingerprint density at radius 1 is 0.882 bits per heavy atom. The SMILES string of the molecule is CC(=O)CC(=O)O[C@H]1CC[C@@]2(C)[C@@H](CC[C@@H]3[C@@H]2CC[C@]2(C)[C@@H]([C@H](C)CCCC(C)C)CC[C@@H]32)C1. The summed E-state index contributed by atoms with van der Waals surface area (Å²) in [6, 6.07) is 0. The molecule has 4 rings (SSSR count). The topological polar surface area (TPSA) is 43.4 Å². The second-order valence-corrected chi connectivity index (χ2v) is 14.0. The molecule has 194 valence electrons. The van der Waals surface area contributed by atoms with Crippen molar-refractivity contribution in [1.82, 2.24) is 0 Å². The summed E-state index contributed by atoms with van der Waals surface area (Å²) in [6.07, 6.45) is 15.8. The van der Waals surface area contributed by atoms with Gasteiger partial charge >= 0.3 is 5.97 Å². The highest BCUT2D eigenvalue weighted by Crippen LogP contribution is 2.68. The molecule has 4 fully saturated rings. The van der Waals surface area contributed by atoms with E-state index in [4.69, 9.17) is 4.74 Å². The zero-order chi connectivity index (χ0) is 24.7.